The molecule has 0 unspecified atom stereocenters. The third kappa shape index (κ3) is 6.46. The Balaban J connectivity index is 1.18. The zero-order chi connectivity index (χ0) is 38.0. The van der Waals surface area contributed by atoms with Crippen molar-refractivity contribution in [1.29, 1.82) is 0 Å². The number of anilines is 3. The lowest BCUT2D eigenvalue weighted by molar-refractivity contribution is 1.30. The second-order valence-electron chi connectivity index (χ2n) is 14.5. The summed E-state index contributed by atoms with van der Waals surface area (Å²) in [6.07, 6.45) is 0. The van der Waals surface area contributed by atoms with Gasteiger partial charge in [0.25, 0.3) is 0 Å². The highest BCUT2D eigenvalue weighted by Gasteiger charge is 2.23. The first-order valence-electron chi connectivity index (χ1n) is 19.6. The Bertz CT molecular complexity index is 2940. The van der Waals surface area contributed by atoms with Crippen LogP contribution in [0.3, 0.4) is 0 Å². The Kier molecular flexibility index (Phi) is 8.95. The average molecular weight is 726 g/mol. The minimum atomic E-state index is 1.09. The van der Waals surface area contributed by atoms with E-state index in [9.17, 15) is 0 Å². The molecule has 10 aromatic rings. The van der Waals surface area contributed by atoms with E-state index in [0.29, 0.717) is 0 Å². The monoisotopic (exact) mass is 725 g/mol. The first-order valence-corrected chi connectivity index (χ1v) is 19.6. The SMILES string of the molecule is c1ccc(-c2ccc(-c3ccc(N(c4ccc(-c5ccccc5)cc4)c4cccc5c(-c6ccccc6)c(-c6ccccc6)c6ccccc6c45)cc3)cc2)cc1. The summed E-state index contributed by atoms with van der Waals surface area (Å²) in [4.78, 5) is 2.43. The normalized spacial score (nSPS) is 11.2. The highest BCUT2D eigenvalue weighted by Crippen LogP contribution is 2.49. The van der Waals surface area contributed by atoms with Gasteiger partial charge in [0.15, 0.2) is 0 Å². The summed E-state index contributed by atoms with van der Waals surface area (Å²) < 4.78 is 0. The van der Waals surface area contributed by atoms with Crippen molar-refractivity contribution in [3.05, 3.63) is 237 Å². The van der Waals surface area contributed by atoms with Gasteiger partial charge < -0.3 is 4.90 Å². The van der Waals surface area contributed by atoms with Crippen LogP contribution in [0.15, 0.2) is 237 Å². The second kappa shape index (κ2) is 15.0. The van der Waals surface area contributed by atoms with Gasteiger partial charge in [0, 0.05) is 16.8 Å². The summed E-state index contributed by atoms with van der Waals surface area (Å²) in [5.41, 5.74) is 15.4. The van der Waals surface area contributed by atoms with E-state index < -0.39 is 0 Å². The Morgan fingerprint density at radius 3 is 0.965 bits per heavy atom. The van der Waals surface area contributed by atoms with Crippen LogP contribution in [0.1, 0.15) is 0 Å². The third-order valence-electron chi connectivity index (χ3n) is 11.1. The fourth-order valence-electron chi connectivity index (χ4n) is 8.37. The molecule has 0 aliphatic rings. The third-order valence-corrected chi connectivity index (χ3v) is 11.1. The molecule has 268 valence electrons. The molecule has 0 aliphatic heterocycles. The van der Waals surface area contributed by atoms with Gasteiger partial charge >= 0.3 is 0 Å². The first-order chi connectivity index (χ1) is 28.3. The van der Waals surface area contributed by atoms with Gasteiger partial charge in [-0.1, -0.05) is 206 Å². The molecular formula is C56H39N. The maximum atomic E-state index is 2.43. The van der Waals surface area contributed by atoms with Crippen LogP contribution >= 0.6 is 0 Å². The van der Waals surface area contributed by atoms with Crippen molar-refractivity contribution >= 4 is 38.6 Å². The molecule has 0 spiro atoms. The van der Waals surface area contributed by atoms with Gasteiger partial charge in [0.1, 0.15) is 0 Å². The molecule has 0 saturated heterocycles. The molecule has 0 heterocycles. The Morgan fingerprint density at radius 1 is 0.211 bits per heavy atom. The molecule has 0 radical (unpaired) electrons. The molecule has 0 fully saturated rings. The number of benzene rings is 10. The van der Waals surface area contributed by atoms with Crippen molar-refractivity contribution in [2.24, 2.45) is 0 Å². The lowest BCUT2D eigenvalue weighted by atomic mass is 9.84. The molecular weight excluding hydrogens is 687 g/mol. The summed E-state index contributed by atoms with van der Waals surface area (Å²) in [5, 5.41) is 4.90. The van der Waals surface area contributed by atoms with E-state index in [1.165, 1.54) is 77.2 Å². The van der Waals surface area contributed by atoms with Crippen molar-refractivity contribution in [2.75, 3.05) is 4.90 Å². The van der Waals surface area contributed by atoms with Crippen molar-refractivity contribution in [2.45, 2.75) is 0 Å². The molecule has 10 rings (SSSR count). The van der Waals surface area contributed by atoms with Crippen LogP contribution in [-0.4, -0.2) is 0 Å². The van der Waals surface area contributed by atoms with E-state index >= 15 is 0 Å². The predicted octanol–water partition coefficient (Wildman–Crippen LogP) is 15.8. The van der Waals surface area contributed by atoms with Crippen LogP contribution in [0.5, 0.6) is 0 Å². The Labute approximate surface area is 334 Å². The molecule has 0 saturated carbocycles. The number of hydrogen-bond acceptors (Lipinski definition) is 1. The van der Waals surface area contributed by atoms with Crippen LogP contribution in [0.4, 0.5) is 17.1 Å². The maximum Gasteiger partial charge on any atom is 0.0546 e. The topological polar surface area (TPSA) is 3.24 Å². The smallest absolute Gasteiger partial charge is 0.0546 e. The molecule has 0 aliphatic carbocycles. The highest BCUT2D eigenvalue weighted by atomic mass is 15.1. The van der Waals surface area contributed by atoms with Crippen molar-refractivity contribution < 1.29 is 0 Å². The largest absolute Gasteiger partial charge is 0.310 e. The van der Waals surface area contributed by atoms with Gasteiger partial charge in [-0.25, -0.2) is 0 Å². The summed E-state index contributed by atoms with van der Waals surface area (Å²) in [6.45, 7) is 0. The maximum absolute atomic E-state index is 2.43. The fraction of sp³-hybridized carbons (Fsp3) is 0. The standard InChI is InChI=1S/C56H39N/c1-5-16-40(17-6-1)42-28-30-43(31-29-42)45-34-38-49(39-35-45)57(48-36-32-44(33-37-48)41-18-7-2-8-19-41)53-27-15-26-52-55(47-22-11-4-12-23-47)54(46-20-9-3-10-21-46)50-24-13-14-25-51(50)56(52)53/h1-39H. The van der Waals surface area contributed by atoms with Gasteiger partial charge in [-0.05, 0) is 102 Å². The number of rotatable bonds is 8. The minimum Gasteiger partial charge on any atom is -0.310 e. The van der Waals surface area contributed by atoms with Gasteiger partial charge in [-0.2, -0.15) is 0 Å². The quantitative estimate of drug-likeness (QED) is 0.141. The minimum absolute atomic E-state index is 1.09. The van der Waals surface area contributed by atoms with Crippen LogP contribution < -0.4 is 4.90 Å². The molecule has 1 nitrogen and oxygen atoms in total. The number of hydrogen-bond donors (Lipinski definition) is 0. The zero-order valence-corrected chi connectivity index (χ0v) is 31.5. The molecule has 10 aromatic carbocycles. The lowest BCUT2D eigenvalue weighted by Gasteiger charge is -2.29. The van der Waals surface area contributed by atoms with E-state index in [0.717, 1.165) is 17.1 Å². The van der Waals surface area contributed by atoms with E-state index in [1.807, 2.05) is 0 Å². The van der Waals surface area contributed by atoms with Crippen LogP contribution in [0.2, 0.25) is 0 Å². The van der Waals surface area contributed by atoms with Crippen LogP contribution in [-0.2, 0) is 0 Å². The molecule has 0 N–H and O–H groups in total. The van der Waals surface area contributed by atoms with Crippen molar-refractivity contribution in [1.82, 2.24) is 0 Å². The van der Waals surface area contributed by atoms with Gasteiger partial charge in [-0.15, -0.1) is 0 Å². The second-order valence-corrected chi connectivity index (χ2v) is 14.5. The van der Waals surface area contributed by atoms with Gasteiger partial charge in [0.05, 0.1) is 5.69 Å². The van der Waals surface area contributed by atoms with Crippen LogP contribution in [0.25, 0.3) is 77.2 Å². The lowest BCUT2D eigenvalue weighted by Crippen LogP contribution is -2.11. The highest BCUT2D eigenvalue weighted by molar-refractivity contribution is 6.25. The summed E-state index contributed by atoms with van der Waals surface area (Å²) in [5.74, 6) is 0. The van der Waals surface area contributed by atoms with E-state index in [2.05, 4.69) is 241 Å². The molecule has 57 heavy (non-hydrogen) atoms. The average Bonchev–Trinajstić information content (AvgIpc) is 3.30. The van der Waals surface area contributed by atoms with E-state index in [4.69, 9.17) is 0 Å². The Hall–Kier alpha value is -7.48. The summed E-state index contributed by atoms with van der Waals surface area (Å²) in [7, 11) is 0. The van der Waals surface area contributed by atoms with Gasteiger partial charge in [0.2, 0.25) is 0 Å². The first kappa shape index (κ1) is 34.0. The fourth-order valence-corrected chi connectivity index (χ4v) is 8.37. The molecule has 0 amide bonds. The van der Waals surface area contributed by atoms with Crippen molar-refractivity contribution in [3.8, 4) is 55.6 Å². The molecule has 1 heteroatoms. The predicted molar refractivity (Wildman–Crippen MR) is 243 cm³/mol. The van der Waals surface area contributed by atoms with E-state index in [1.54, 1.807) is 0 Å². The van der Waals surface area contributed by atoms with Crippen LogP contribution in [0, 0.1) is 0 Å². The van der Waals surface area contributed by atoms with Gasteiger partial charge in [-0.3, -0.25) is 0 Å². The zero-order valence-electron chi connectivity index (χ0n) is 31.5. The Morgan fingerprint density at radius 2 is 0.526 bits per heavy atom. The van der Waals surface area contributed by atoms with Crippen molar-refractivity contribution in [3.63, 3.8) is 0 Å². The van der Waals surface area contributed by atoms with E-state index in [-0.39, 0.29) is 0 Å². The molecule has 0 bridgehead atoms. The number of fused-ring (bicyclic) bond motifs is 3. The molecule has 0 atom stereocenters. The summed E-state index contributed by atoms with van der Waals surface area (Å²) >= 11 is 0. The summed E-state index contributed by atoms with van der Waals surface area (Å²) in [6, 6.07) is 85.6. The molecule has 0 aromatic heterocycles. The number of nitrogens with zero attached hydrogens (tertiary/aromatic N) is 1.